The monoisotopic (exact) mass is 247 g/mol. The zero-order valence-corrected chi connectivity index (χ0v) is 12.5. The minimum absolute atomic E-state index is 0.0323. The van der Waals surface area contributed by atoms with E-state index in [2.05, 4.69) is 52.1 Å². The highest BCUT2D eigenvalue weighted by Crippen LogP contribution is 2.36. The van der Waals surface area contributed by atoms with Gasteiger partial charge < -0.3 is 10.1 Å². The Morgan fingerprint density at radius 1 is 1.11 bits per heavy atom. The van der Waals surface area contributed by atoms with E-state index >= 15 is 0 Å². The summed E-state index contributed by atoms with van der Waals surface area (Å²) in [5, 5.41) is 3.45. The first kappa shape index (κ1) is 13.6. The van der Waals surface area contributed by atoms with Crippen LogP contribution in [0.3, 0.4) is 0 Å². The van der Waals surface area contributed by atoms with Gasteiger partial charge in [0.1, 0.15) is 0 Å². The molecule has 18 heavy (non-hydrogen) atoms. The maximum atomic E-state index is 5.43. The Kier molecular flexibility index (Phi) is 3.28. The minimum atomic E-state index is 0.0323. The molecule has 0 saturated carbocycles. The van der Waals surface area contributed by atoms with Crippen molar-refractivity contribution >= 4 is 0 Å². The van der Waals surface area contributed by atoms with Gasteiger partial charge in [0.15, 0.2) is 0 Å². The van der Waals surface area contributed by atoms with Crippen LogP contribution in [-0.4, -0.2) is 20.3 Å². The van der Waals surface area contributed by atoms with Gasteiger partial charge in [0.2, 0.25) is 0 Å². The lowest BCUT2D eigenvalue weighted by Gasteiger charge is -2.44. The van der Waals surface area contributed by atoms with Crippen LogP contribution in [0.2, 0.25) is 0 Å². The predicted octanol–water partition coefficient (Wildman–Crippen LogP) is 3.05. The molecule has 2 heteroatoms. The second-order valence-corrected chi connectivity index (χ2v) is 6.56. The van der Waals surface area contributed by atoms with Crippen molar-refractivity contribution in [2.24, 2.45) is 0 Å². The quantitative estimate of drug-likeness (QED) is 0.867. The van der Waals surface area contributed by atoms with Crippen LogP contribution >= 0.6 is 0 Å². The summed E-state index contributed by atoms with van der Waals surface area (Å²) in [6.07, 6.45) is 0. The molecule has 1 fully saturated rings. The summed E-state index contributed by atoms with van der Waals surface area (Å²) in [6.45, 7) is 12.8. The van der Waals surface area contributed by atoms with Crippen LogP contribution in [0.25, 0.3) is 0 Å². The molecule has 2 rings (SSSR count). The Morgan fingerprint density at radius 2 is 1.61 bits per heavy atom. The van der Waals surface area contributed by atoms with E-state index in [9.17, 15) is 0 Å². The Bertz CT molecular complexity index is 424. The molecule has 1 aliphatic heterocycles. The maximum Gasteiger partial charge on any atom is 0.0911 e. The molecule has 0 atom stereocenters. The number of aryl methyl sites for hydroxylation is 2. The lowest BCUT2D eigenvalue weighted by atomic mass is 9.78. The number of benzene rings is 1. The fourth-order valence-corrected chi connectivity index (χ4v) is 2.87. The maximum absolute atomic E-state index is 5.43. The van der Waals surface area contributed by atoms with Crippen molar-refractivity contribution in [3.05, 3.63) is 34.4 Å². The SMILES string of the molecule is CNC1(c2c(C)cc(C(C)(C)C)cc2C)COC1. The van der Waals surface area contributed by atoms with E-state index in [1.54, 1.807) is 0 Å². The molecule has 1 aliphatic rings. The van der Waals surface area contributed by atoms with Crippen LogP contribution in [0, 0.1) is 13.8 Å². The molecule has 100 valence electrons. The molecule has 0 aromatic heterocycles. The molecule has 2 nitrogen and oxygen atoms in total. The number of hydrogen-bond acceptors (Lipinski definition) is 2. The molecule has 0 bridgehead atoms. The topological polar surface area (TPSA) is 21.3 Å². The third-order valence-corrected chi connectivity index (χ3v) is 4.05. The number of nitrogens with one attached hydrogen (secondary N) is 1. The molecule has 1 aromatic rings. The molecular weight excluding hydrogens is 222 g/mol. The summed E-state index contributed by atoms with van der Waals surface area (Å²) >= 11 is 0. The van der Waals surface area contributed by atoms with Crippen molar-refractivity contribution in [3.8, 4) is 0 Å². The zero-order valence-electron chi connectivity index (χ0n) is 12.5. The highest BCUT2D eigenvalue weighted by Gasteiger charge is 2.41. The summed E-state index contributed by atoms with van der Waals surface area (Å²) in [7, 11) is 2.03. The van der Waals surface area contributed by atoms with Crippen molar-refractivity contribution < 1.29 is 4.74 Å². The summed E-state index contributed by atoms with van der Waals surface area (Å²) in [5.74, 6) is 0. The summed E-state index contributed by atoms with van der Waals surface area (Å²) in [5.41, 5.74) is 5.81. The molecule has 0 radical (unpaired) electrons. The van der Waals surface area contributed by atoms with Gasteiger partial charge in [0, 0.05) is 0 Å². The lowest BCUT2D eigenvalue weighted by molar-refractivity contribution is -0.0754. The Balaban J connectivity index is 2.51. The number of hydrogen-bond donors (Lipinski definition) is 1. The first-order chi connectivity index (χ1) is 8.30. The fraction of sp³-hybridized carbons (Fsp3) is 0.625. The van der Waals surface area contributed by atoms with Crippen LogP contribution in [0.5, 0.6) is 0 Å². The first-order valence-corrected chi connectivity index (χ1v) is 6.69. The summed E-state index contributed by atoms with van der Waals surface area (Å²) in [4.78, 5) is 0. The van der Waals surface area contributed by atoms with Gasteiger partial charge in [-0.2, -0.15) is 0 Å². The molecule has 1 saturated heterocycles. The fourth-order valence-electron chi connectivity index (χ4n) is 2.87. The third-order valence-electron chi connectivity index (χ3n) is 4.05. The van der Waals surface area contributed by atoms with E-state index in [-0.39, 0.29) is 11.0 Å². The van der Waals surface area contributed by atoms with Crippen molar-refractivity contribution in [3.63, 3.8) is 0 Å². The molecule has 0 aliphatic carbocycles. The van der Waals surface area contributed by atoms with Gasteiger partial charge in [-0.05, 0) is 48.6 Å². The number of likely N-dealkylation sites (N-methyl/N-ethyl adjacent to an activating group) is 1. The van der Waals surface area contributed by atoms with E-state index in [1.165, 1.54) is 22.3 Å². The van der Waals surface area contributed by atoms with Crippen LogP contribution in [0.4, 0.5) is 0 Å². The van der Waals surface area contributed by atoms with Crippen LogP contribution in [0.1, 0.15) is 43.0 Å². The smallest absolute Gasteiger partial charge is 0.0911 e. The molecule has 1 N–H and O–H groups in total. The predicted molar refractivity (Wildman–Crippen MR) is 76.2 cm³/mol. The van der Waals surface area contributed by atoms with Gasteiger partial charge in [0.25, 0.3) is 0 Å². The van der Waals surface area contributed by atoms with Gasteiger partial charge in [0.05, 0.1) is 18.8 Å². The number of ether oxygens (including phenoxy) is 1. The third kappa shape index (κ3) is 2.08. The molecule has 0 unspecified atom stereocenters. The highest BCUT2D eigenvalue weighted by atomic mass is 16.5. The molecule has 0 spiro atoms. The Labute approximate surface area is 111 Å². The Morgan fingerprint density at radius 3 is 1.89 bits per heavy atom. The van der Waals surface area contributed by atoms with E-state index in [0.717, 1.165) is 13.2 Å². The zero-order chi connectivity index (χ0) is 13.6. The van der Waals surface area contributed by atoms with Crippen LogP contribution in [0.15, 0.2) is 12.1 Å². The van der Waals surface area contributed by atoms with E-state index < -0.39 is 0 Å². The minimum Gasteiger partial charge on any atom is -0.377 e. The standard InChI is InChI=1S/C16H25NO/c1-11-7-13(15(3,4)5)8-12(2)14(11)16(17-6)9-18-10-16/h7-8,17H,9-10H2,1-6H3. The van der Waals surface area contributed by atoms with Crippen molar-refractivity contribution in [1.82, 2.24) is 5.32 Å². The average molecular weight is 247 g/mol. The summed E-state index contributed by atoms with van der Waals surface area (Å²) < 4.78 is 5.43. The molecular formula is C16H25NO. The van der Waals surface area contributed by atoms with Crippen molar-refractivity contribution in [2.45, 2.75) is 45.6 Å². The van der Waals surface area contributed by atoms with Gasteiger partial charge >= 0.3 is 0 Å². The molecule has 1 heterocycles. The first-order valence-electron chi connectivity index (χ1n) is 6.69. The van der Waals surface area contributed by atoms with Gasteiger partial charge in [-0.3, -0.25) is 0 Å². The van der Waals surface area contributed by atoms with E-state index in [4.69, 9.17) is 4.74 Å². The van der Waals surface area contributed by atoms with Gasteiger partial charge in [-0.25, -0.2) is 0 Å². The molecule has 1 aromatic carbocycles. The second kappa shape index (κ2) is 4.36. The lowest BCUT2D eigenvalue weighted by Crippen LogP contribution is -2.56. The van der Waals surface area contributed by atoms with Gasteiger partial charge in [-0.15, -0.1) is 0 Å². The average Bonchev–Trinajstić information content (AvgIpc) is 2.19. The largest absolute Gasteiger partial charge is 0.377 e. The van der Waals surface area contributed by atoms with Crippen molar-refractivity contribution in [2.75, 3.05) is 20.3 Å². The van der Waals surface area contributed by atoms with Crippen molar-refractivity contribution in [1.29, 1.82) is 0 Å². The van der Waals surface area contributed by atoms with E-state index in [1.807, 2.05) is 7.05 Å². The van der Waals surface area contributed by atoms with Crippen LogP contribution < -0.4 is 5.32 Å². The Hall–Kier alpha value is -0.860. The normalized spacial score (nSPS) is 18.6. The van der Waals surface area contributed by atoms with Gasteiger partial charge in [-0.1, -0.05) is 32.9 Å². The summed E-state index contributed by atoms with van der Waals surface area (Å²) in [6, 6.07) is 4.67. The molecule has 0 amide bonds. The van der Waals surface area contributed by atoms with Crippen LogP contribution in [-0.2, 0) is 15.7 Å². The second-order valence-electron chi connectivity index (χ2n) is 6.56. The highest BCUT2D eigenvalue weighted by molar-refractivity contribution is 5.45. The number of rotatable bonds is 2. The van der Waals surface area contributed by atoms with E-state index in [0.29, 0.717) is 0 Å².